The molecular weight excluding hydrogens is 530 g/mol. The number of anilines is 5. The second-order valence-electron chi connectivity index (χ2n) is 9.16. The Morgan fingerprint density at radius 1 is 1.07 bits per heavy atom. The second-order valence-corrected chi connectivity index (χ2v) is 9.16. The number of hydrogen-bond donors (Lipinski definition) is 4. The van der Waals surface area contributed by atoms with Crippen molar-refractivity contribution in [1.82, 2.24) is 15.0 Å². The Bertz CT molecular complexity index is 1510. The van der Waals surface area contributed by atoms with Gasteiger partial charge in [0.25, 0.3) is 0 Å². The number of para-hydroxylation sites is 1. The van der Waals surface area contributed by atoms with E-state index >= 15 is 0 Å². The van der Waals surface area contributed by atoms with E-state index in [-0.39, 0.29) is 35.2 Å². The van der Waals surface area contributed by atoms with Crippen molar-refractivity contribution < 1.29 is 18.3 Å². The summed E-state index contributed by atoms with van der Waals surface area (Å²) < 4.78 is 40.0. The molecule has 0 amide bonds. The largest absolute Gasteiger partial charge is 0.494 e. The van der Waals surface area contributed by atoms with E-state index in [1.807, 2.05) is 4.90 Å². The van der Waals surface area contributed by atoms with Gasteiger partial charge in [0.15, 0.2) is 17.5 Å². The lowest BCUT2D eigenvalue weighted by atomic mass is 10.1. The number of nitrogens with one attached hydrogen (secondary N) is 3. The van der Waals surface area contributed by atoms with Crippen LogP contribution in [-0.4, -0.2) is 53.6 Å². The maximum absolute atomic E-state index is 14.7. The van der Waals surface area contributed by atoms with Gasteiger partial charge in [0.1, 0.15) is 28.8 Å². The summed E-state index contributed by atoms with van der Waals surface area (Å²) in [7, 11) is 0. The van der Waals surface area contributed by atoms with Crippen molar-refractivity contribution in [2.24, 2.45) is 0 Å². The summed E-state index contributed by atoms with van der Waals surface area (Å²) in [6.07, 6.45) is 3.31. The van der Waals surface area contributed by atoms with Crippen molar-refractivity contribution in [1.29, 1.82) is 5.41 Å². The Morgan fingerprint density at radius 3 is 2.49 bits per heavy atom. The van der Waals surface area contributed by atoms with Crippen molar-refractivity contribution in [3.63, 3.8) is 0 Å². The first kappa shape index (κ1) is 27.7. The third-order valence-corrected chi connectivity index (χ3v) is 6.48. The first-order valence-electron chi connectivity index (χ1n) is 13.1. The number of nitrogens with zero attached hydrogens (tertiary/aromatic N) is 4. The normalized spacial score (nSPS) is 13.1. The molecule has 212 valence electrons. The maximum Gasteiger partial charge on any atom is 0.182 e. The number of hydrogen-bond acceptors (Lipinski definition) is 10. The molecule has 41 heavy (non-hydrogen) atoms. The van der Waals surface area contributed by atoms with Gasteiger partial charge in [-0.15, -0.1) is 0 Å². The van der Waals surface area contributed by atoms with Crippen LogP contribution in [0.2, 0.25) is 0 Å². The first-order chi connectivity index (χ1) is 19.9. The monoisotopic (exact) mass is 560 g/mol. The lowest BCUT2D eigenvalue weighted by molar-refractivity contribution is 0.123. The van der Waals surface area contributed by atoms with Crippen molar-refractivity contribution in [3.05, 3.63) is 89.5 Å². The minimum atomic E-state index is -0.727. The fourth-order valence-corrected chi connectivity index (χ4v) is 4.50. The van der Waals surface area contributed by atoms with Gasteiger partial charge in [-0.05, 0) is 25.1 Å². The number of nitrogen functional groups attached to an aromatic ring is 1. The summed E-state index contributed by atoms with van der Waals surface area (Å²) >= 11 is 0. The number of morpholine rings is 1. The predicted molar refractivity (Wildman–Crippen MR) is 154 cm³/mol. The number of rotatable bonds is 10. The molecule has 2 aromatic carbocycles. The summed E-state index contributed by atoms with van der Waals surface area (Å²) in [6.45, 7) is 4.19. The van der Waals surface area contributed by atoms with Crippen LogP contribution < -0.4 is 26.0 Å². The lowest BCUT2D eigenvalue weighted by Gasteiger charge is -2.31. The molecule has 0 saturated carbocycles. The van der Waals surface area contributed by atoms with Crippen LogP contribution in [0, 0.1) is 17.0 Å². The summed E-state index contributed by atoms with van der Waals surface area (Å²) in [5.74, 6) is -0.592. The number of ether oxygens (including phenoxy) is 2. The van der Waals surface area contributed by atoms with E-state index in [1.54, 1.807) is 55.7 Å². The zero-order valence-corrected chi connectivity index (χ0v) is 22.5. The number of aromatic nitrogens is 3. The van der Waals surface area contributed by atoms with Crippen LogP contribution in [0.3, 0.4) is 0 Å². The van der Waals surface area contributed by atoms with E-state index in [1.165, 1.54) is 0 Å². The number of halogens is 2. The molecule has 2 aromatic heterocycles. The van der Waals surface area contributed by atoms with Crippen molar-refractivity contribution in [2.75, 3.05) is 54.2 Å². The molecule has 0 radical (unpaired) electrons. The van der Waals surface area contributed by atoms with E-state index < -0.39 is 11.6 Å². The molecular formula is C29H30F2N8O2. The van der Waals surface area contributed by atoms with E-state index in [0.717, 1.165) is 17.8 Å². The molecule has 0 atom stereocenters. The number of pyridine rings is 1. The summed E-state index contributed by atoms with van der Waals surface area (Å²) in [5, 5.41) is 15.3. The van der Waals surface area contributed by atoms with Crippen LogP contribution in [0.15, 0.2) is 60.9 Å². The molecule has 10 nitrogen and oxygen atoms in total. The van der Waals surface area contributed by atoms with Gasteiger partial charge in [0.2, 0.25) is 0 Å². The molecule has 0 spiro atoms. The van der Waals surface area contributed by atoms with Crippen molar-refractivity contribution in [2.45, 2.75) is 13.5 Å². The van der Waals surface area contributed by atoms with Crippen LogP contribution in [-0.2, 0) is 11.3 Å². The molecule has 5 N–H and O–H groups in total. The van der Waals surface area contributed by atoms with Crippen LogP contribution in [0.1, 0.15) is 23.9 Å². The highest BCUT2D eigenvalue weighted by Gasteiger charge is 2.24. The smallest absolute Gasteiger partial charge is 0.182 e. The molecule has 0 unspecified atom stereocenters. The molecule has 1 saturated heterocycles. The fourth-order valence-electron chi connectivity index (χ4n) is 4.50. The van der Waals surface area contributed by atoms with Crippen LogP contribution >= 0.6 is 0 Å². The van der Waals surface area contributed by atoms with Gasteiger partial charge in [-0.25, -0.2) is 18.7 Å². The highest BCUT2D eigenvalue weighted by molar-refractivity contribution is 6.12. The summed E-state index contributed by atoms with van der Waals surface area (Å²) in [5.41, 5.74) is 8.59. The zero-order chi connectivity index (χ0) is 28.8. The molecule has 1 aliphatic heterocycles. The van der Waals surface area contributed by atoms with Crippen molar-refractivity contribution >= 4 is 34.4 Å². The molecule has 0 bridgehead atoms. The van der Waals surface area contributed by atoms with E-state index in [0.29, 0.717) is 55.7 Å². The molecule has 12 heteroatoms. The molecule has 0 aliphatic carbocycles. The molecule has 1 aliphatic rings. The van der Waals surface area contributed by atoms with Gasteiger partial charge in [0.05, 0.1) is 19.8 Å². The highest BCUT2D eigenvalue weighted by Crippen LogP contribution is 2.33. The number of benzene rings is 2. The van der Waals surface area contributed by atoms with Gasteiger partial charge in [-0.1, -0.05) is 18.2 Å². The first-order valence-corrected chi connectivity index (χ1v) is 13.1. The molecule has 1 fully saturated rings. The minimum absolute atomic E-state index is 0.0151. The highest BCUT2D eigenvalue weighted by atomic mass is 19.1. The quantitative estimate of drug-likeness (QED) is 0.203. The van der Waals surface area contributed by atoms with Gasteiger partial charge in [0, 0.05) is 66.7 Å². The SMILES string of the molecule is CCOc1cc(F)c(CNc2ccccc2C(=N)c2nc(N)c(N3CCOCC3)c(Nc3ccncc3)n2)c(F)c1. The van der Waals surface area contributed by atoms with Gasteiger partial charge in [-0.2, -0.15) is 0 Å². The lowest BCUT2D eigenvalue weighted by Crippen LogP contribution is -2.37. The maximum atomic E-state index is 14.7. The Morgan fingerprint density at radius 2 is 1.78 bits per heavy atom. The van der Waals surface area contributed by atoms with Gasteiger partial charge < -0.3 is 30.7 Å². The van der Waals surface area contributed by atoms with Crippen LogP contribution in [0.5, 0.6) is 5.75 Å². The van der Waals surface area contributed by atoms with E-state index in [9.17, 15) is 8.78 Å². The van der Waals surface area contributed by atoms with Gasteiger partial charge in [-0.3, -0.25) is 10.4 Å². The minimum Gasteiger partial charge on any atom is -0.494 e. The average Bonchev–Trinajstić information content (AvgIpc) is 2.97. The molecule has 4 aromatic rings. The van der Waals surface area contributed by atoms with Crippen LogP contribution in [0.4, 0.5) is 37.5 Å². The standard InChI is InChI=1S/C29H30F2N8O2/c1-2-41-19-15-22(30)21(23(31)16-19)17-35-24-6-4-3-5-20(24)25(32)28-37-27(33)26(39-11-13-40-14-12-39)29(38-28)36-18-7-9-34-10-8-18/h3-10,15-16,32,35H,2,11-14,17H2,1H3,(H3,33,34,36,37,38). The molecule has 5 rings (SSSR count). The fraction of sp³-hybridized carbons (Fsp3) is 0.241. The summed E-state index contributed by atoms with van der Waals surface area (Å²) in [4.78, 5) is 15.3. The zero-order valence-electron chi connectivity index (χ0n) is 22.5. The third kappa shape index (κ3) is 6.33. The Labute approximate surface area is 236 Å². The van der Waals surface area contributed by atoms with Crippen molar-refractivity contribution in [3.8, 4) is 5.75 Å². The Balaban J connectivity index is 1.45. The van der Waals surface area contributed by atoms with Crippen LogP contribution in [0.25, 0.3) is 0 Å². The average molecular weight is 561 g/mol. The molecule has 3 heterocycles. The van der Waals surface area contributed by atoms with E-state index in [2.05, 4.69) is 20.6 Å². The summed E-state index contributed by atoms with van der Waals surface area (Å²) in [6, 6.07) is 12.8. The topological polar surface area (TPSA) is 134 Å². The van der Waals surface area contributed by atoms with E-state index in [4.69, 9.17) is 25.6 Å². The van der Waals surface area contributed by atoms with Gasteiger partial charge >= 0.3 is 0 Å². The second kappa shape index (κ2) is 12.6. The number of nitrogens with two attached hydrogens (primary N) is 1. The predicted octanol–water partition coefficient (Wildman–Crippen LogP) is 4.74. The third-order valence-electron chi connectivity index (χ3n) is 6.48. The Hall–Kier alpha value is -4.84. The Kier molecular flexibility index (Phi) is 8.49.